The van der Waals surface area contributed by atoms with Gasteiger partial charge in [-0.3, -0.25) is 14.9 Å². The highest BCUT2D eigenvalue weighted by Gasteiger charge is 2.09. The quantitative estimate of drug-likeness (QED) is 0.321. The molecule has 0 atom stereocenters. The average Bonchev–Trinajstić information content (AvgIpc) is 2.99. The van der Waals surface area contributed by atoms with E-state index in [1.807, 2.05) is 24.4 Å². The number of aromatic nitrogens is 1. The number of ether oxygens (including phenoxy) is 1. The maximum Gasteiger partial charge on any atom is 0.311 e. The number of hydrogen-bond acceptors (Lipinski definition) is 4. The van der Waals surface area contributed by atoms with Crippen molar-refractivity contribution in [2.24, 2.45) is 0 Å². The smallest absolute Gasteiger partial charge is 0.311 e. The first-order chi connectivity index (χ1) is 11.6. The molecule has 0 aliphatic heterocycles. The summed E-state index contributed by atoms with van der Waals surface area (Å²) in [4.78, 5) is 25.2. The monoisotopic (exact) mass is 324 g/mol. The summed E-state index contributed by atoms with van der Waals surface area (Å²) in [6.07, 6.45) is 3.70. The Morgan fingerprint density at radius 2 is 1.88 bits per heavy atom. The Morgan fingerprint density at radius 3 is 2.62 bits per heavy atom. The Balaban J connectivity index is 1.51. The van der Waals surface area contributed by atoms with Gasteiger partial charge in [-0.05, 0) is 36.6 Å². The first-order valence-electron chi connectivity index (χ1n) is 7.63. The minimum atomic E-state index is -0.493. The van der Waals surface area contributed by atoms with E-state index in [4.69, 9.17) is 4.74 Å². The number of carbonyl (C=O) groups is 1. The third-order valence-corrected chi connectivity index (χ3v) is 3.78. The van der Waals surface area contributed by atoms with Crippen LogP contribution in [-0.2, 0) is 11.2 Å². The number of hydrogen-bond donors (Lipinski definition) is 1. The van der Waals surface area contributed by atoms with Crippen molar-refractivity contribution in [1.82, 2.24) is 4.98 Å². The van der Waals surface area contributed by atoms with Gasteiger partial charge >= 0.3 is 5.97 Å². The molecule has 3 rings (SSSR count). The zero-order valence-corrected chi connectivity index (χ0v) is 12.9. The van der Waals surface area contributed by atoms with Crippen molar-refractivity contribution in [3.05, 3.63) is 70.4 Å². The first kappa shape index (κ1) is 15.7. The van der Waals surface area contributed by atoms with Crippen LogP contribution in [0.25, 0.3) is 10.9 Å². The summed E-state index contributed by atoms with van der Waals surface area (Å²) in [5.41, 5.74) is 2.23. The van der Waals surface area contributed by atoms with Crippen LogP contribution in [0.1, 0.15) is 18.4 Å². The maximum absolute atomic E-state index is 11.9. The molecule has 0 aliphatic carbocycles. The molecule has 0 aliphatic rings. The zero-order valence-electron chi connectivity index (χ0n) is 12.9. The number of nitro groups is 1. The van der Waals surface area contributed by atoms with E-state index in [2.05, 4.69) is 11.1 Å². The summed E-state index contributed by atoms with van der Waals surface area (Å²) in [6.45, 7) is 0. The summed E-state index contributed by atoms with van der Waals surface area (Å²) in [7, 11) is 0. The Kier molecular flexibility index (Phi) is 4.56. The predicted molar refractivity (Wildman–Crippen MR) is 90.0 cm³/mol. The van der Waals surface area contributed by atoms with Gasteiger partial charge in [0.1, 0.15) is 5.75 Å². The van der Waals surface area contributed by atoms with Crippen molar-refractivity contribution >= 4 is 22.6 Å². The normalized spacial score (nSPS) is 10.7. The highest BCUT2D eigenvalue weighted by Crippen LogP contribution is 2.20. The highest BCUT2D eigenvalue weighted by molar-refractivity contribution is 5.83. The lowest BCUT2D eigenvalue weighted by molar-refractivity contribution is -0.384. The van der Waals surface area contributed by atoms with E-state index in [9.17, 15) is 14.9 Å². The van der Waals surface area contributed by atoms with E-state index in [1.54, 1.807) is 0 Å². The van der Waals surface area contributed by atoms with Gasteiger partial charge in [-0.1, -0.05) is 18.2 Å². The molecule has 3 aromatic rings. The fraction of sp³-hybridized carbons (Fsp3) is 0.167. The molecule has 122 valence electrons. The number of benzene rings is 2. The molecule has 6 nitrogen and oxygen atoms in total. The lowest BCUT2D eigenvalue weighted by Crippen LogP contribution is -2.08. The standard InChI is InChI=1S/C18H16N2O4/c21-18(24-15-10-8-14(9-11-15)20(22)23)7-3-4-13-12-19-17-6-2-1-5-16(13)17/h1-2,5-6,8-12,19H,3-4,7H2. The predicted octanol–water partition coefficient (Wildman–Crippen LogP) is 4.00. The second-order valence-electron chi connectivity index (χ2n) is 5.44. The fourth-order valence-electron chi connectivity index (χ4n) is 2.58. The number of nitro benzene ring substituents is 1. The second kappa shape index (κ2) is 6.95. The summed E-state index contributed by atoms with van der Waals surface area (Å²) in [6, 6.07) is 13.5. The summed E-state index contributed by atoms with van der Waals surface area (Å²) in [5.74, 6) is -0.0265. The number of non-ortho nitro benzene ring substituents is 1. The Morgan fingerprint density at radius 1 is 1.12 bits per heavy atom. The number of para-hydroxylation sites is 1. The van der Waals surface area contributed by atoms with Gasteiger partial charge in [0.2, 0.25) is 0 Å². The average molecular weight is 324 g/mol. The highest BCUT2D eigenvalue weighted by atomic mass is 16.6. The van der Waals surface area contributed by atoms with Crippen LogP contribution in [0.15, 0.2) is 54.7 Å². The Hall–Kier alpha value is -3.15. The molecule has 0 spiro atoms. The van der Waals surface area contributed by atoms with Crippen molar-refractivity contribution in [3.8, 4) is 5.75 Å². The number of aromatic amines is 1. The number of H-pyrrole nitrogens is 1. The molecule has 0 fully saturated rings. The van der Waals surface area contributed by atoms with E-state index >= 15 is 0 Å². The second-order valence-corrected chi connectivity index (χ2v) is 5.44. The largest absolute Gasteiger partial charge is 0.427 e. The van der Waals surface area contributed by atoms with E-state index in [-0.39, 0.29) is 18.1 Å². The van der Waals surface area contributed by atoms with Crippen LogP contribution in [0.2, 0.25) is 0 Å². The van der Waals surface area contributed by atoms with Crippen LogP contribution in [0.3, 0.4) is 0 Å². The van der Waals surface area contributed by atoms with Crippen LogP contribution in [0, 0.1) is 10.1 Å². The van der Waals surface area contributed by atoms with Crippen LogP contribution in [0.4, 0.5) is 5.69 Å². The number of aryl methyl sites for hydroxylation is 1. The number of nitrogens with zero attached hydrogens (tertiary/aromatic N) is 1. The minimum absolute atomic E-state index is 0.0332. The molecule has 0 saturated carbocycles. The minimum Gasteiger partial charge on any atom is -0.427 e. The lowest BCUT2D eigenvalue weighted by Gasteiger charge is -2.04. The van der Waals surface area contributed by atoms with Gasteiger partial charge in [0.05, 0.1) is 4.92 Å². The van der Waals surface area contributed by atoms with Gasteiger partial charge in [-0.2, -0.15) is 0 Å². The first-order valence-corrected chi connectivity index (χ1v) is 7.63. The molecule has 1 heterocycles. The van der Waals surface area contributed by atoms with E-state index < -0.39 is 4.92 Å². The maximum atomic E-state index is 11.9. The molecule has 1 aromatic heterocycles. The van der Waals surface area contributed by atoms with Gasteiger partial charge in [-0.25, -0.2) is 0 Å². The van der Waals surface area contributed by atoms with Crippen molar-refractivity contribution in [1.29, 1.82) is 0 Å². The molecule has 0 saturated heterocycles. The van der Waals surface area contributed by atoms with E-state index in [1.165, 1.54) is 35.2 Å². The lowest BCUT2D eigenvalue weighted by atomic mass is 10.1. The van der Waals surface area contributed by atoms with Gasteiger partial charge in [0.15, 0.2) is 0 Å². The van der Waals surface area contributed by atoms with Crippen molar-refractivity contribution < 1.29 is 14.5 Å². The van der Waals surface area contributed by atoms with Gasteiger partial charge in [0, 0.05) is 35.7 Å². The molecule has 1 N–H and O–H groups in total. The molecule has 0 unspecified atom stereocenters. The molecule has 0 amide bonds. The van der Waals surface area contributed by atoms with Crippen molar-refractivity contribution in [3.63, 3.8) is 0 Å². The van der Waals surface area contributed by atoms with E-state index in [0.717, 1.165) is 11.9 Å². The SMILES string of the molecule is O=C(CCCc1c[nH]c2ccccc12)Oc1ccc([N+](=O)[O-])cc1. The third kappa shape index (κ3) is 3.60. The molecular weight excluding hydrogens is 308 g/mol. The molecule has 24 heavy (non-hydrogen) atoms. The van der Waals surface area contributed by atoms with Crippen LogP contribution in [0.5, 0.6) is 5.75 Å². The van der Waals surface area contributed by atoms with Crippen LogP contribution < -0.4 is 4.74 Å². The van der Waals surface area contributed by atoms with Gasteiger partial charge < -0.3 is 9.72 Å². The fourth-order valence-corrected chi connectivity index (χ4v) is 2.58. The Bertz CT molecular complexity index is 868. The number of carbonyl (C=O) groups excluding carboxylic acids is 1. The number of rotatable bonds is 6. The van der Waals surface area contributed by atoms with Crippen LogP contribution >= 0.6 is 0 Å². The summed E-state index contributed by atoms with van der Waals surface area (Å²) < 4.78 is 5.19. The number of fused-ring (bicyclic) bond motifs is 1. The number of esters is 1. The third-order valence-electron chi connectivity index (χ3n) is 3.78. The Labute approximate surface area is 138 Å². The topological polar surface area (TPSA) is 85.2 Å². The van der Waals surface area contributed by atoms with Gasteiger partial charge in [0.25, 0.3) is 5.69 Å². The van der Waals surface area contributed by atoms with Crippen LogP contribution in [-0.4, -0.2) is 15.9 Å². The number of nitrogens with one attached hydrogen (secondary N) is 1. The molecule has 2 aromatic carbocycles. The summed E-state index contributed by atoms with van der Waals surface area (Å²) >= 11 is 0. The molecule has 6 heteroatoms. The van der Waals surface area contributed by atoms with Gasteiger partial charge in [-0.15, -0.1) is 0 Å². The van der Waals surface area contributed by atoms with E-state index in [0.29, 0.717) is 12.2 Å². The van der Waals surface area contributed by atoms with Crippen molar-refractivity contribution in [2.75, 3.05) is 0 Å². The molecule has 0 bridgehead atoms. The molecular formula is C18H16N2O4. The summed E-state index contributed by atoms with van der Waals surface area (Å²) in [5, 5.41) is 11.7. The zero-order chi connectivity index (χ0) is 16.9. The van der Waals surface area contributed by atoms with Crippen molar-refractivity contribution in [2.45, 2.75) is 19.3 Å². The molecule has 0 radical (unpaired) electrons.